The summed E-state index contributed by atoms with van der Waals surface area (Å²) in [6, 6.07) is 5.33. The first kappa shape index (κ1) is 24.3. The number of esters is 1. The van der Waals surface area contributed by atoms with Crippen LogP contribution in [0.3, 0.4) is 0 Å². The molecule has 176 valence electrons. The van der Waals surface area contributed by atoms with E-state index in [2.05, 4.69) is 15.1 Å². The van der Waals surface area contributed by atoms with Crippen LogP contribution in [0, 0.1) is 13.8 Å². The van der Waals surface area contributed by atoms with Crippen molar-refractivity contribution in [3.63, 3.8) is 0 Å². The lowest BCUT2D eigenvalue weighted by atomic mass is 10.1. The fraction of sp³-hybridized carbons (Fsp3) is 0.409. The highest BCUT2D eigenvalue weighted by molar-refractivity contribution is 7.98. The van der Waals surface area contributed by atoms with Crippen LogP contribution in [0.4, 0.5) is 0 Å². The molecule has 2 aromatic heterocycles. The van der Waals surface area contributed by atoms with E-state index in [1.54, 1.807) is 36.9 Å². The second-order valence-electron chi connectivity index (χ2n) is 7.30. The van der Waals surface area contributed by atoms with Gasteiger partial charge in [-0.15, -0.1) is 5.10 Å². The van der Waals surface area contributed by atoms with Crippen molar-refractivity contribution in [2.75, 3.05) is 34.1 Å². The number of amides is 1. The van der Waals surface area contributed by atoms with Crippen molar-refractivity contribution in [2.24, 2.45) is 0 Å². The number of aryl methyl sites for hydroxylation is 2. The number of thioether (sulfide) groups is 1. The van der Waals surface area contributed by atoms with E-state index in [0.29, 0.717) is 28.1 Å². The quantitative estimate of drug-likeness (QED) is 0.341. The minimum absolute atomic E-state index is 0.0488. The summed E-state index contributed by atoms with van der Waals surface area (Å²) >= 11 is 1.42. The fourth-order valence-corrected chi connectivity index (χ4v) is 3.76. The number of fused-ring (bicyclic) bond motifs is 1. The van der Waals surface area contributed by atoms with Crippen molar-refractivity contribution >= 4 is 29.4 Å². The lowest BCUT2D eigenvalue weighted by Gasteiger charge is -2.23. The largest absolute Gasteiger partial charge is 0.497 e. The lowest BCUT2D eigenvalue weighted by Crippen LogP contribution is -2.37. The molecule has 3 rings (SSSR count). The van der Waals surface area contributed by atoms with Gasteiger partial charge in [0.05, 0.1) is 27.8 Å². The minimum Gasteiger partial charge on any atom is -0.497 e. The van der Waals surface area contributed by atoms with Gasteiger partial charge in [-0.1, -0.05) is 11.8 Å². The molecule has 0 unspecified atom stereocenters. The van der Waals surface area contributed by atoms with E-state index in [9.17, 15) is 9.59 Å². The third-order valence-corrected chi connectivity index (χ3v) is 5.76. The number of carbonyl (C=O) groups is 2. The summed E-state index contributed by atoms with van der Waals surface area (Å²) < 4.78 is 17.1. The van der Waals surface area contributed by atoms with Crippen molar-refractivity contribution in [1.82, 2.24) is 24.5 Å². The molecule has 10 nitrogen and oxygen atoms in total. The highest BCUT2D eigenvalue weighted by Gasteiger charge is 2.22. The molecule has 0 bridgehead atoms. The van der Waals surface area contributed by atoms with Crippen molar-refractivity contribution in [3.05, 3.63) is 40.7 Å². The van der Waals surface area contributed by atoms with Crippen LogP contribution in [0.15, 0.2) is 23.4 Å². The second kappa shape index (κ2) is 10.5. The highest BCUT2D eigenvalue weighted by Crippen LogP contribution is 2.24. The van der Waals surface area contributed by atoms with E-state index >= 15 is 0 Å². The maximum Gasteiger partial charge on any atom is 0.325 e. The van der Waals surface area contributed by atoms with Gasteiger partial charge in [0, 0.05) is 29.6 Å². The van der Waals surface area contributed by atoms with Crippen molar-refractivity contribution in [2.45, 2.75) is 32.0 Å². The molecule has 0 aliphatic carbocycles. The van der Waals surface area contributed by atoms with Crippen LogP contribution >= 0.6 is 11.8 Å². The molecular weight excluding hydrogens is 446 g/mol. The molecule has 0 fully saturated rings. The maximum absolute atomic E-state index is 13.4. The van der Waals surface area contributed by atoms with E-state index in [4.69, 9.17) is 14.2 Å². The zero-order chi connectivity index (χ0) is 24.1. The van der Waals surface area contributed by atoms with E-state index in [0.717, 1.165) is 16.8 Å². The molecule has 0 N–H and O–H groups in total. The molecular formula is C22H27N5O5S. The molecule has 1 amide bonds. The number of ether oxygens (including phenoxy) is 3. The Morgan fingerprint density at radius 3 is 2.30 bits per heavy atom. The van der Waals surface area contributed by atoms with Gasteiger partial charge in [-0.05, 0) is 37.8 Å². The van der Waals surface area contributed by atoms with E-state index in [1.165, 1.54) is 23.8 Å². The van der Waals surface area contributed by atoms with Gasteiger partial charge in [0.25, 0.3) is 5.78 Å². The van der Waals surface area contributed by atoms with Crippen LogP contribution in [-0.2, 0) is 27.3 Å². The Balaban J connectivity index is 1.92. The average Bonchev–Trinajstić information content (AvgIpc) is 3.23. The molecule has 0 aliphatic rings. The normalized spacial score (nSPS) is 10.8. The Labute approximate surface area is 196 Å². The molecule has 3 aromatic rings. The number of hydrogen-bond acceptors (Lipinski definition) is 9. The monoisotopic (exact) mass is 473 g/mol. The van der Waals surface area contributed by atoms with Gasteiger partial charge in [0.15, 0.2) is 0 Å². The third-order valence-electron chi connectivity index (χ3n) is 5.23. The molecule has 0 radical (unpaired) electrons. The van der Waals surface area contributed by atoms with Gasteiger partial charge < -0.3 is 19.1 Å². The molecule has 0 saturated carbocycles. The number of hydrogen-bond donors (Lipinski definition) is 0. The van der Waals surface area contributed by atoms with Crippen LogP contribution in [0.2, 0.25) is 0 Å². The van der Waals surface area contributed by atoms with Gasteiger partial charge in [0.1, 0.15) is 18.0 Å². The molecule has 0 aliphatic heterocycles. The fourth-order valence-electron chi connectivity index (χ4n) is 3.43. The van der Waals surface area contributed by atoms with Crippen molar-refractivity contribution < 1.29 is 23.8 Å². The third kappa shape index (κ3) is 5.54. The van der Waals surface area contributed by atoms with E-state index in [1.807, 2.05) is 20.1 Å². The van der Waals surface area contributed by atoms with Crippen LogP contribution in [0.1, 0.15) is 22.5 Å². The maximum atomic E-state index is 13.4. The van der Waals surface area contributed by atoms with Gasteiger partial charge in [-0.2, -0.15) is 4.98 Å². The number of carbonyl (C=O) groups excluding carboxylic acids is 2. The minimum atomic E-state index is -0.513. The Morgan fingerprint density at radius 2 is 1.73 bits per heavy atom. The topological polar surface area (TPSA) is 108 Å². The molecule has 0 spiro atoms. The zero-order valence-electron chi connectivity index (χ0n) is 19.5. The molecule has 0 saturated heterocycles. The highest BCUT2D eigenvalue weighted by atomic mass is 32.2. The standard InChI is InChI=1S/C22H27N5O5S/c1-13-18(14(2)27-21(23-13)24-22(25-27)33-6)10-19(28)26(12-20(29)32-5)11-15-7-16(30-3)9-17(8-15)31-4/h7-9H,10-12H2,1-6H3. The Morgan fingerprint density at radius 1 is 1.06 bits per heavy atom. The molecule has 0 atom stereocenters. The zero-order valence-corrected chi connectivity index (χ0v) is 20.4. The van der Waals surface area contributed by atoms with Gasteiger partial charge in [-0.3, -0.25) is 9.59 Å². The summed E-state index contributed by atoms with van der Waals surface area (Å²) in [4.78, 5) is 35.7. The van der Waals surface area contributed by atoms with Crippen LogP contribution < -0.4 is 9.47 Å². The van der Waals surface area contributed by atoms with Gasteiger partial charge in [-0.25, -0.2) is 9.50 Å². The number of methoxy groups -OCH3 is 3. The predicted molar refractivity (Wildman–Crippen MR) is 123 cm³/mol. The summed E-state index contributed by atoms with van der Waals surface area (Å²) in [5.41, 5.74) is 2.96. The summed E-state index contributed by atoms with van der Waals surface area (Å²) in [5, 5.41) is 5.04. The lowest BCUT2D eigenvalue weighted by molar-refractivity contribution is -0.147. The Hall–Kier alpha value is -3.34. The van der Waals surface area contributed by atoms with E-state index in [-0.39, 0.29) is 25.4 Å². The van der Waals surface area contributed by atoms with Crippen LogP contribution in [0.5, 0.6) is 11.5 Å². The van der Waals surface area contributed by atoms with E-state index < -0.39 is 5.97 Å². The first-order valence-electron chi connectivity index (χ1n) is 10.1. The van der Waals surface area contributed by atoms with Crippen LogP contribution in [0.25, 0.3) is 5.78 Å². The molecule has 33 heavy (non-hydrogen) atoms. The van der Waals surface area contributed by atoms with Crippen molar-refractivity contribution in [1.29, 1.82) is 0 Å². The number of nitrogens with zero attached hydrogens (tertiary/aromatic N) is 5. The number of benzene rings is 1. The van der Waals surface area contributed by atoms with Crippen molar-refractivity contribution in [3.8, 4) is 11.5 Å². The summed E-state index contributed by atoms with van der Waals surface area (Å²) in [5.74, 6) is 0.903. The summed E-state index contributed by atoms with van der Waals surface area (Å²) in [6.45, 7) is 3.69. The summed E-state index contributed by atoms with van der Waals surface area (Å²) in [6.07, 6.45) is 1.94. The van der Waals surface area contributed by atoms with Gasteiger partial charge >= 0.3 is 5.97 Å². The number of rotatable bonds is 9. The Kier molecular flexibility index (Phi) is 7.75. The Bertz CT molecular complexity index is 1160. The van der Waals surface area contributed by atoms with Crippen LogP contribution in [-0.4, -0.2) is 70.5 Å². The molecule has 2 heterocycles. The molecule has 11 heteroatoms. The second-order valence-corrected chi connectivity index (χ2v) is 8.07. The van der Waals surface area contributed by atoms with Gasteiger partial charge in [0.2, 0.25) is 11.1 Å². The first-order valence-corrected chi connectivity index (χ1v) is 11.4. The molecule has 1 aromatic carbocycles. The number of aromatic nitrogens is 4. The average molecular weight is 474 g/mol. The SMILES string of the molecule is COC(=O)CN(Cc1cc(OC)cc(OC)c1)C(=O)Cc1c(C)nc2nc(SC)nn2c1C. The smallest absolute Gasteiger partial charge is 0.325 e. The summed E-state index contributed by atoms with van der Waals surface area (Å²) in [7, 11) is 4.40. The first-order chi connectivity index (χ1) is 15.8. The predicted octanol–water partition coefficient (Wildman–Crippen LogP) is 2.22.